The van der Waals surface area contributed by atoms with Gasteiger partial charge in [0.25, 0.3) is 5.69 Å². The number of rotatable bonds is 5. The van der Waals surface area contributed by atoms with Crippen LogP contribution in [-0.4, -0.2) is 39.6 Å². The average Bonchev–Trinajstić information content (AvgIpc) is 3.17. The number of hydrogen-bond donors (Lipinski definition) is 1. The molecule has 9 heteroatoms. The van der Waals surface area contributed by atoms with Gasteiger partial charge >= 0.3 is 0 Å². The van der Waals surface area contributed by atoms with Gasteiger partial charge in [0, 0.05) is 48.4 Å². The fourth-order valence-electron chi connectivity index (χ4n) is 3.32. The second-order valence-electron chi connectivity index (χ2n) is 6.56. The van der Waals surface area contributed by atoms with Gasteiger partial charge in [0.1, 0.15) is 0 Å². The molecule has 144 valence electrons. The van der Waals surface area contributed by atoms with Crippen molar-refractivity contribution in [1.29, 1.82) is 0 Å². The van der Waals surface area contributed by atoms with E-state index >= 15 is 0 Å². The zero-order valence-corrected chi connectivity index (χ0v) is 15.7. The quantitative estimate of drug-likeness (QED) is 0.518. The van der Waals surface area contributed by atoms with E-state index < -0.39 is 4.92 Å². The number of hydrogen-bond acceptors (Lipinski definition) is 7. The van der Waals surface area contributed by atoms with Crippen LogP contribution >= 0.6 is 11.6 Å². The summed E-state index contributed by atoms with van der Waals surface area (Å²) in [5.74, 6) is 0.918. The van der Waals surface area contributed by atoms with E-state index in [1.165, 1.54) is 12.1 Å². The number of nitrogens with one attached hydrogen (secondary N) is 1. The molecule has 1 aliphatic heterocycles. The largest absolute Gasteiger partial charge is 0.338 e. The molecule has 3 aromatic rings. The Hall–Kier alpha value is -2.81. The average molecular weight is 400 g/mol. The highest BCUT2D eigenvalue weighted by molar-refractivity contribution is 6.30. The Balaban J connectivity index is 1.51. The maximum absolute atomic E-state index is 10.8. The van der Waals surface area contributed by atoms with Gasteiger partial charge in [0.2, 0.25) is 11.7 Å². The molecule has 1 fully saturated rings. The lowest BCUT2D eigenvalue weighted by Gasteiger charge is -2.35. The van der Waals surface area contributed by atoms with Gasteiger partial charge in [-0.3, -0.25) is 15.0 Å². The van der Waals surface area contributed by atoms with Gasteiger partial charge in [-0.2, -0.15) is 4.98 Å². The minimum atomic E-state index is -0.439. The summed E-state index contributed by atoms with van der Waals surface area (Å²) in [5.41, 5.74) is 1.83. The Morgan fingerprint density at radius 3 is 2.86 bits per heavy atom. The highest BCUT2D eigenvalue weighted by Crippen LogP contribution is 2.27. The van der Waals surface area contributed by atoms with E-state index in [0.717, 1.165) is 25.2 Å². The van der Waals surface area contributed by atoms with Crippen LogP contribution in [0.5, 0.6) is 0 Å². The Morgan fingerprint density at radius 1 is 1.29 bits per heavy atom. The first-order valence-corrected chi connectivity index (χ1v) is 9.25. The third kappa shape index (κ3) is 4.04. The highest BCUT2D eigenvalue weighted by Gasteiger charge is 2.26. The lowest BCUT2D eigenvalue weighted by Crippen LogP contribution is -2.45. The first-order chi connectivity index (χ1) is 13.6. The van der Waals surface area contributed by atoms with Crippen molar-refractivity contribution in [3.05, 3.63) is 75.1 Å². The second-order valence-corrected chi connectivity index (χ2v) is 7.00. The van der Waals surface area contributed by atoms with Crippen molar-refractivity contribution in [1.82, 2.24) is 20.4 Å². The molecule has 1 saturated heterocycles. The summed E-state index contributed by atoms with van der Waals surface area (Å²) in [6, 6.07) is 14.1. The summed E-state index contributed by atoms with van der Waals surface area (Å²) in [7, 11) is 0. The Morgan fingerprint density at radius 2 is 2.11 bits per heavy atom. The molecule has 4 rings (SSSR count). The maximum Gasteiger partial charge on any atom is 0.269 e. The van der Waals surface area contributed by atoms with Gasteiger partial charge < -0.3 is 9.84 Å². The van der Waals surface area contributed by atoms with Gasteiger partial charge in [-0.1, -0.05) is 28.9 Å². The molecule has 28 heavy (non-hydrogen) atoms. The Bertz CT molecular complexity index is 976. The molecule has 0 bridgehead atoms. The summed E-state index contributed by atoms with van der Waals surface area (Å²) in [6.45, 7) is 3.04. The normalized spacial score (nSPS) is 17.5. The Labute approximate surface area is 166 Å². The highest BCUT2D eigenvalue weighted by atomic mass is 35.5. The standard InChI is InChI=1S/C19H18ClN5O3/c20-15-3-1-2-14(10-15)17-11-21-8-9-24(17)12-18-22-19(23-28-18)13-4-6-16(7-5-13)25(26)27/h1-7,10,17,21H,8-9,11-12H2. The van der Waals surface area contributed by atoms with Crippen LogP contribution in [0.3, 0.4) is 0 Å². The number of nitrogens with zero attached hydrogens (tertiary/aromatic N) is 4. The fraction of sp³-hybridized carbons (Fsp3) is 0.263. The van der Waals surface area contributed by atoms with E-state index in [1.54, 1.807) is 12.1 Å². The maximum atomic E-state index is 10.8. The second kappa shape index (κ2) is 8.05. The summed E-state index contributed by atoms with van der Waals surface area (Å²) < 4.78 is 5.42. The van der Waals surface area contributed by atoms with Gasteiger partial charge in [0.05, 0.1) is 11.5 Å². The lowest BCUT2D eigenvalue weighted by atomic mass is 10.0. The monoisotopic (exact) mass is 399 g/mol. The van der Waals surface area contributed by atoms with E-state index in [4.69, 9.17) is 16.1 Å². The third-order valence-electron chi connectivity index (χ3n) is 4.73. The molecule has 0 saturated carbocycles. The number of nitro groups is 1. The molecule has 1 aliphatic rings. The molecular weight excluding hydrogens is 382 g/mol. The molecule has 0 amide bonds. The van der Waals surface area contributed by atoms with Crippen molar-refractivity contribution in [3.8, 4) is 11.4 Å². The van der Waals surface area contributed by atoms with Crippen LogP contribution in [-0.2, 0) is 6.54 Å². The van der Waals surface area contributed by atoms with Crippen LogP contribution in [0.15, 0.2) is 53.1 Å². The molecule has 0 radical (unpaired) electrons. The minimum Gasteiger partial charge on any atom is -0.338 e. The van der Waals surface area contributed by atoms with Gasteiger partial charge in [-0.15, -0.1) is 0 Å². The number of non-ortho nitro benzene ring substituents is 1. The van der Waals surface area contributed by atoms with E-state index in [9.17, 15) is 10.1 Å². The summed E-state index contributed by atoms with van der Waals surface area (Å²) in [6.07, 6.45) is 0. The summed E-state index contributed by atoms with van der Waals surface area (Å²) in [4.78, 5) is 17.1. The van der Waals surface area contributed by atoms with Gasteiger partial charge in [-0.05, 0) is 29.8 Å². The zero-order chi connectivity index (χ0) is 19.5. The van der Waals surface area contributed by atoms with Crippen molar-refractivity contribution in [2.45, 2.75) is 12.6 Å². The van der Waals surface area contributed by atoms with Crippen molar-refractivity contribution in [2.24, 2.45) is 0 Å². The zero-order valence-electron chi connectivity index (χ0n) is 14.9. The fourth-order valence-corrected chi connectivity index (χ4v) is 3.52. The van der Waals surface area contributed by atoms with Crippen LogP contribution in [0.4, 0.5) is 5.69 Å². The van der Waals surface area contributed by atoms with E-state index in [-0.39, 0.29) is 11.7 Å². The first-order valence-electron chi connectivity index (χ1n) is 8.88. The molecule has 8 nitrogen and oxygen atoms in total. The molecule has 1 unspecified atom stereocenters. The molecule has 2 aromatic carbocycles. The van der Waals surface area contributed by atoms with Crippen molar-refractivity contribution in [2.75, 3.05) is 19.6 Å². The number of piperazine rings is 1. The van der Waals surface area contributed by atoms with Crippen LogP contribution in [0.25, 0.3) is 11.4 Å². The van der Waals surface area contributed by atoms with Crippen LogP contribution in [0.2, 0.25) is 5.02 Å². The first kappa shape index (κ1) is 18.5. The molecule has 0 spiro atoms. The van der Waals surface area contributed by atoms with Gasteiger partial charge in [0.15, 0.2) is 0 Å². The predicted octanol–water partition coefficient (Wildman–Crippen LogP) is 3.44. The molecule has 1 N–H and O–H groups in total. The molecule has 2 heterocycles. The Kier molecular flexibility index (Phi) is 5.34. The van der Waals surface area contributed by atoms with E-state index in [1.807, 2.05) is 18.2 Å². The van der Waals surface area contributed by atoms with Crippen LogP contribution in [0.1, 0.15) is 17.5 Å². The molecule has 1 aromatic heterocycles. The third-order valence-corrected chi connectivity index (χ3v) is 4.97. The number of halogens is 1. The smallest absolute Gasteiger partial charge is 0.269 e. The lowest BCUT2D eigenvalue weighted by molar-refractivity contribution is -0.384. The molecule has 1 atom stereocenters. The number of aromatic nitrogens is 2. The van der Waals surface area contributed by atoms with Gasteiger partial charge in [-0.25, -0.2) is 0 Å². The van der Waals surface area contributed by atoms with E-state index in [0.29, 0.717) is 28.8 Å². The van der Waals surface area contributed by atoms with Crippen molar-refractivity contribution >= 4 is 17.3 Å². The number of benzene rings is 2. The number of nitro benzene ring substituents is 1. The molecule has 0 aliphatic carbocycles. The SMILES string of the molecule is O=[N+]([O-])c1ccc(-c2noc(CN3CCNCC3c3cccc(Cl)c3)n2)cc1. The van der Waals surface area contributed by atoms with Crippen LogP contribution in [0, 0.1) is 10.1 Å². The predicted molar refractivity (Wildman–Crippen MR) is 104 cm³/mol. The minimum absolute atomic E-state index is 0.0256. The van der Waals surface area contributed by atoms with Crippen LogP contribution < -0.4 is 5.32 Å². The molecular formula is C19H18ClN5O3. The van der Waals surface area contributed by atoms with Crippen molar-refractivity contribution < 1.29 is 9.45 Å². The summed E-state index contributed by atoms with van der Waals surface area (Å²) >= 11 is 6.15. The topological polar surface area (TPSA) is 97.3 Å². The van der Waals surface area contributed by atoms with E-state index in [2.05, 4.69) is 26.4 Å². The van der Waals surface area contributed by atoms with Crippen molar-refractivity contribution in [3.63, 3.8) is 0 Å². The summed E-state index contributed by atoms with van der Waals surface area (Å²) in [5, 5.41) is 18.9.